The molecule has 1 aromatic carbocycles. The minimum Gasteiger partial charge on any atom is -0.284 e. The maximum atomic E-state index is 12.9. The van der Waals surface area contributed by atoms with Gasteiger partial charge in [-0.05, 0) is 28.1 Å². The van der Waals surface area contributed by atoms with Crippen LogP contribution in [0.2, 0.25) is 0 Å². The molecule has 82 valence electrons. The zero-order valence-electron chi connectivity index (χ0n) is 6.83. The molecule has 15 heavy (non-hydrogen) atoms. The second-order valence-electron chi connectivity index (χ2n) is 2.55. The fourth-order valence-corrected chi connectivity index (χ4v) is 1.38. The Hall–Kier alpha value is -0.980. The highest BCUT2D eigenvalue weighted by Gasteiger charge is 2.42. The Morgan fingerprint density at radius 2 is 1.60 bits per heavy atom. The van der Waals surface area contributed by atoms with Crippen molar-refractivity contribution in [3.8, 4) is 0 Å². The van der Waals surface area contributed by atoms with E-state index in [1.807, 2.05) is 0 Å². The van der Waals surface area contributed by atoms with Crippen molar-refractivity contribution in [3.05, 3.63) is 33.8 Å². The third-order valence-corrected chi connectivity index (χ3v) is 2.30. The standard InChI is InChI=1S/C8H2BrF5O/c9-6-4(11)2-1-3(10)5(6)7(15)8(12,13)14/h1-2H. The van der Waals surface area contributed by atoms with Gasteiger partial charge in [-0.15, -0.1) is 0 Å². The highest BCUT2D eigenvalue weighted by molar-refractivity contribution is 9.10. The molecule has 0 heterocycles. The van der Waals surface area contributed by atoms with Crippen molar-refractivity contribution < 1.29 is 26.7 Å². The summed E-state index contributed by atoms with van der Waals surface area (Å²) in [7, 11) is 0. The van der Waals surface area contributed by atoms with Gasteiger partial charge >= 0.3 is 6.18 Å². The van der Waals surface area contributed by atoms with Crippen LogP contribution in [-0.4, -0.2) is 12.0 Å². The number of ketones is 1. The first-order chi connectivity index (χ1) is 6.75. The molecule has 0 aliphatic carbocycles. The molecule has 1 nitrogen and oxygen atoms in total. The summed E-state index contributed by atoms with van der Waals surface area (Å²) in [6.45, 7) is 0. The lowest BCUT2D eigenvalue weighted by Crippen LogP contribution is -2.24. The largest absolute Gasteiger partial charge is 0.455 e. The molecule has 7 heteroatoms. The summed E-state index contributed by atoms with van der Waals surface area (Å²) in [4.78, 5) is 10.7. The third-order valence-electron chi connectivity index (χ3n) is 1.53. The average Bonchev–Trinajstić information content (AvgIpc) is 2.10. The monoisotopic (exact) mass is 288 g/mol. The quantitative estimate of drug-likeness (QED) is 0.439. The van der Waals surface area contributed by atoms with Gasteiger partial charge in [-0.3, -0.25) is 4.79 Å². The van der Waals surface area contributed by atoms with Crippen LogP contribution in [0.3, 0.4) is 0 Å². The Morgan fingerprint density at radius 1 is 1.13 bits per heavy atom. The normalized spacial score (nSPS) is 11.6. The first kappa shape index (κ1) is 12.1. The Morgan fingerprint density at radius 3 is 2.07 bits per heavy atom. The van der Waals surface area contributed by atoms with Gasteiger partial charge in [0.15, 0.2) is 0 Å². The van der Waals surface area contributed by atoms with Gasteiger partial charge in [0.25, 0.3) is 5.78 Å². The van der Waals surface area contributed by atoms with Gasteiger partial charge in [0, 0.05) is 0 Å². The molecule has 1 rings (SSSR count). The Labute approximate surface area is 89.0 Å². The number of hydrogen-bond acceptors (Lipinski definition) is 1. The lowest BCUT2D eigenvalue weighted by molar-refractivity contribution is -0.0888. The minimum atomic E-state index is -5.24. The topological polar surface area (TPSA) is 17.1 Å². The molecule has 0 spiro atoms. The van der Waals surface area contributed by atoms with Gasteiger partial charge in [0.05, 0.1) is 10.0 Å². The molecule has 0 fully saturated rings. The van der Waals surface area contributed by atoms with E-state index in [0.717, 1.165) is 0 Å². The van der Waals surface area contributed by atoms with Crippen LogP contribution in [0.25, 0.3) is 0 Å². The van der Waals surface area contributed by atoms with Crippen LogP contribution in [0.4, 0.5) is 22.0 Å². The third kappa shape index (κ3) is 2.34. The van der Waals surface area contributed by atoms with Crippen LogP contribution in [0.5, 0.6) is 0 Å². The van der Waals surface area contributed by atoms with Crippen molar-refractivity contribution in [2.24, 2.45) is 0 Å². The highest BCUT2D eigenvalue weighted by Crippen LogP contribution is 2.30. The Kier molecular flexibility index (Phi) is 3.13. The molecule has 0 unspecified atom stereocenters. The van der Waals surface area contributed by atoms with Gasteiger partial charge in [0.2, 0.25) is 0 Å². The second kappa shape index (κ2) is 3.88. The molecular formula is C8H2BrF5O. The molecule has 0 radical (unpaired) electrons. The van der Waals surface area contributed by atoms with Gasteiger partial charge in [-0.1, -0.05) is 0 Å². The summed E-state index contributed by atoms with van der Waals surface area (Å²) in [5.74, 6) is -4.99. The first-order valence-corrected chi connectivity index (χ1v) is 4.29. The van der Waals surface area contributed by atoms with Crippen LogP contribution in [0, 0.1) is 11.6 Å². The number of carbonyl (C=O) groups excluding carboxylic acids is 1. The van der Waals surface area contributed by atoms with E-state index >= 15 is 0 Å². The lowest BCUT2D eigenvalue weighted by atomic mass is 10.1. The van der Waals surface area contributed by atoms with Crippen LogP contribution in [0.15, 0.2) is 16.6 Å². The molecule has 0 amide bonds. The summed E-state index contributed by atoms with van der Waals surface area (Å²) in [5.41, 5.74) is -1.34. The van der Waals surface area contributed by atoms with Crippen molar-refractivity contribution in [2.75, 3.05) is 0 Å². The van der Waals surface area contributed by atoms with E-state index in [0.29, 0.717) is 12.1 Å². The molecular weight excluding hydrogens is 287 g/mol. The molecule has 0 aliphatic rings. The van der Waals surface area contributed by atoms with Crippen LogP contribution in [-0.2, 0) is 0 Å². The summed E-state index contributed by atoms with van der Waals surface area (Å²) in [6, 6.07) is 1.08. The smallest absolute Gasteiger partial charge is 0.284 e. The zero-order chi connectivity index (χ0) is 11.8. The number of rotatable bonds is 1. The number of Topliss-reactive ketones (excluding diaryl/α,β-unsaturated/α-hetero) is 1. The minimum absolute atomic E-state index is 0.457. The highest BCUT2D eigenvalue weighted by atomic mass is 79.9. The predicted molar refractivity (Wildman–Crippen MR) is 44.4 cm³/mol. The van der Waals surface area contributed by atoms with Crippen LogP contribution in [0.1, 0.15) is 10.4 Å². The maximum Gasteiger partial charge on any atom is 0.455 e. The fraction of sp³-hybridized carbons (Fsp3) is 0.125. The lowest BCUT2D eigenvalue weighted by Gasteiger charge is -2.08. The Bertz CT molecular complexity index is 412. The van der Waals surface area contributed by atoms with Crippen LogP contribution >= 0.6 is 15.9 Å². The van der Waals surface area contributed by atoms with Gasteiger partial charge < -0.3 is 0 Å². The van der Waals surface area contributed by atoms with Crippen molar-refractivity contribution >= 4 is 21.7 Å². The number of halogens is 6. The van der Waals surface area contributed by atoms with Gasteiger partial charge in [-0.2, -0.15) is 13.2 Å². The van der Waals surface area contributed by atoms with Gasteiger partial charge in [-0.25, -0.2) is 8.78 Å². The predicted octanol–water partition coefficient (Wildman–Crippen LogP) is 3.47. The molecule has 1 aromatic rings. The number of carbonyl (C=O) groups is 1. The summed E-state index contributed by atoms with van der Waals surface area (Å²) in [5, 5.41) is 0. The van der Waals surface area contributed by atoms with E-state index in [2.05, 4.69) is 15.9 Å². The van der Waals surface area contributed by atoms with E-state index in [9.17, 15) is 26.7 Å². The van der Waals surface area contributed by atoms with Crippen LogP contribution < -0.4 is 0 Å². The molecule has 0 saturated heterocycles. The van der Waals surface area contributed by atoms with E-state index in [-0.39, 0.29) is 0 Å². The van der Waals surface area contributed by atoms with E-state index in [1.54, 1.807) is 0 Å². The molecule has 0 N–H and O–H groups in total. The average molecular weight is 289 g/mol. The summed E-state index contributed by atoms with van der Waals surface area (Å²) in [6.07, 6.45) is -5.24. The van der Waals surface area contributed by atoms with Crippen molar-refractivity contribution in [1.29, 1.82) is 0 Å². The second-order valence-corrected chi connectivity index (χ2v) is 3.34. The summed E-state index contributed by atoms with van der Waals surface area (Å²) >= 11 is 2.39. The molecule has 0 saturated carbocycles. The van der Waals surface area contributed by atoms with Crippen molar-refractivity contribution in [2.45, 2.75) is 6.18 Å². The molecule has 0 aliphatic heterocycles. The van der Waals surface area contributed by atoms with Gasteiger partial charge in [0.1, 0.15) is 11.6 Å². The van der Waals surface area contributed by atoms with Crippen molar-refractivity contribution in [3.63, 3.8) is 0 Å². The molecule has 0 aromatic heterocycles. The van der Waals surface area contributed by atoms with E-state index < -0.39 is 33.6 Å². The maximum absolute atomic E-state index is 12.9. The number of hydrogen-bond donors (Lipinski definition) is 0. The molecule has 0 atom stereocenters. The number of alkyl halides is 3. The van der Waals surface area contributed by atoms with E-state index in [1.165, 1.54) is 0 Å². The SMILES string of the molecule is O=C(c1c(F)ccc(F)c1Br)C(F)(F)F. The van der Waals surface area contributed by atoms with Crippen molar-refractivity contribution in [1.82, 2.24) is 0 Å². The fourth-order valence-electron chi connectivity index (χ4n) is 0.877. The first-order valence-electron chi connectivity index (χ1n) is 3.50. The Balaban J connectivity index is 3.38. The number of benzene rings is 1. The molecule has 0 bridgehead atoms. The van der Waals surface area contributed by atoms with E-state index in [4.69, 9.17) is 0 Å². The summed E-state index contributed by atoms with van der Waals surface area (Å²) < 4.78 is 60.7. The zero-order valence-corrected chi connectivity index (χ0v) is 8.42.